The number of nitrogens with zero attached hydrogens (tertiary/aromatic N) is 1. The van der Waals surface area contributed by atoms with Gasteiger partial charge in [0, 0.05) is 11.4 Å². The van der Waals surface area contributed by atoms with E-state index in [-0.39, 0.29) is 21.1 Å². The number of anilines is 1. The second kappa shape index (κ2) is 4.22. The van der Waals surface area contributed by atoms with Gasteiger partial charge in [-0.05, 0) is 40.9 Å². The first-order chi connectivity index (χ1) is 7.97. The monoisotopic (exact) mass is 300 g/mol. The van der Waals surface area contributed by atoms with Crippen LogP contribution in [-0.2, 0) is 6.42 Å². The molecule has 90 valence electrons. The Balaban J connectivity index is 3.01. The molecule has 0 aliphatic carbocycles. The van der Waals surface area contributed by atoms with Crippen LogP contribution in [0, 0.1) is 18.6 Å². The van der Waals surface area contributed by atoms with E-state index >= 15 is 0 Å². The van der Waals surface area contributed by atoms with Gasteiger partial charge in [-0.1, -0.05) is 6.92 Å². The minimum atomic E-state index is -0.574. The van der Waals surface area contributed by atoms with E-state index in [0.29, 0.717) is 17.7 Å². The lowest BCUT2D eigenvalue weighted by Crippen LogP contribution is -2.03. The first-order valence-corrected chi connectivity index (χ1v) is 5.98. The number of aromatic nitrogens is 1. The van der Waals surface area contributed by atoms with E-state index in [9.17, 15) is 8.78 Å². The number of aryl methyl sites for hydroxylation is 1. The van der Waals surface area contributed by atoms with Crippen molar-refractivity contribution in [2.24, 2.45) is 0 Å². The van der Waals surface area contributed by atoms with Crippen molar-refractivity contribution in [2.45, 2.75) is 20.3 Å². The lowest BCUT2D eigenvalue weighted by molar-refractivity contribution is 0.609. The normalized spacial score (nSPS) is 11.1. The Labute approximate surface area is 106 Å². The van der Waals surface area contributed by atoms with Gasteiger partial charge in [-0.15, -0.1) is 0 Å². The molecule has 1 aromatic carbocycles. The van der Waals surface area contributed by atoms with Gasteiger partial charge in [-0.2, -0.15) is 0 Å². The average Bonchev–Trinajstić information content (AvgIpc) is 2.29. The summed E-state index contributed by atoms with van der Waals surface area (Å²) in [5.74, 6) is -1.15. The fraction of sp³-hybridized carbons (Fsp3) is 0.250. The van der Waals surface area contributed by atoms with E-state index in [4.69, 9.17) is 5.73 Å². The van der Waals surface area contributed by atoms with E-state index in [0.717, 1.165) is 6.07 Å². The summed E-state index contributed by atoms with van der Waals surface area (Å²) in [5.41, 5.74) is 7.51. The van der Waals surface area contributed by atoms with Gasteiger partial charge in [0.05, 0.1) is 9.86 Å². The summed E-state index contributed by atoms with van der Waals surface area (Å²) in [7, 11) is 0. The molecule has 0 fully saturated rings. The Hall–Kier alpha value is -1.23. The molecule has 2 aromatic rings. The molecular weight excluding hydrogens is 290 g/mol. The van der Waals surface area contributed by atoms with Gasteiger partial charge in [-0.25, -0.2) is 13.8 Å². The summed E-state index contributed by atoms with van der Waals surface area (Å²) in [6.45, 7) is 3.66. The molecule has 0 aliphatic rings. The molecule has 2 rings (SSSR count). The Morgan fingerprint density at radius 1 is 1.41 bits per heavy atom. The molecule has 0 spiro atoms. The fourth-order valence-corrected chi connectivity index (χ4v) is 2.25. The molecule has 0 aliphatic heterocycles. The number of hydrogen-bond donors (Lipinski definition) is 1. The van der Waals surface area contributed by atoms with Gasteiger partial charge in [0.15, 0.2) is 5.82 Å². The highest BCUT2D eigenvalue weighted by molar-refractivity contribution is 9.10. The number of halogens is 3. The largest absolute Gasteiger partial charge is 0.398 e. The molecule has 0 unspecified atom stereocenters. The van der Waals surface area contributed by atoms with Crippen LogP contribution in [0.5, 0.6) is 0 Å². The highest BCUT2D eigenvalue weighted by atomic mass is 79.9. The Morgan fingerprint density at radius 2 is 2.06 bits per heavy atom. The molecule has 2 nitrogen and oxygen atoms in total. The van der Waals surface area contributed by atoms with Crippen LogP contribution >= 0.6 is 15.9 Å². The third kappa shape index (κ3) is 1.78. The summed E-state index contributed by atoms with van der Waals surface area (Å²) in [4.78, 5) is 4.14. The topological polar surface area (TPSA) is 38.9 Å². The standard InChI is InChI=1S/C12H11BrF2N2/c1-3-8-5(2)11(16)9-10(15)6(13)4-7(14)12(9)17-8/h4H,3H2,1-2H3,(H2,16,17). The summed E-state index contributed by atoms with van der Waals surface area (Å²) >= 11 is 2.96. The molecule has 0 bridgehead atoms. The number of nitrogens with two attached hydrogens (primary N) is 1. The van der Waals surface area contributed by atoms with Gasteiger partial charge in [0.1, 0.15) is 11.3 Å². The number of hydrogen-bond acceptors (Lipinski definition) is 2. The van der Waals surface area contributed by atoms with Crippen LogP contribution in [0.1, 0.15) is 18.2 Å². The van der Waals surface area contributed by atoms with Gasteiger partial charge < -0.3 is 5.73 Å². The van der Waals surface area contributed by atoms with E-state index in [2.05, 4.69) is 20.9 Å². The molecule has 0 radical (unpaired) electrons. The van der Waals surface area contributed by atoms with Crippen LogP contribution in [0.4, 0.5) is 14.5 Å². The predicted molar refractivity (Wildman–Crippen MR) is 67.9 cm³/mol. The van der Waals surface area contributed by atoms with E-state index in [1.807, 2.05) is 6.92 Å². The van der Waals surface area contributed by atoms with Crippen LogP contribution in [0.2, 0.25) is 0 Å². The van der Waals surface area contributed by atoms with Crippen molar-refractivity contribution < 1.29 is 8.78 Å². The Bertz CT molecular complexity index is 611. The molecule has 0 atom stereocenters. The maximum Gasteiger partial charge on any atom is 0.150 e. The van der Waals surface area contributed by atoms with Gasteiger partial charge in [0.2, 0.25) is 0 Å². The van der Waals surface area contributed by atoms with Crippen molar-refractivity contribution >= 4 is 32.5 Å². The van der Waals surface area contributed by atoms with Crippen LogP contribution < -0.4 is 5.73 Å². The Morgan fingerprint density at radius 3 is 2.65 bits per heavy atom. The molecule has 0 amide bonds. The summed E-state index contributed by atoms with van der Waals surface area (Å²) in [5, 5.41) is 0.0478. The zero-order valence-corrected chi connectivity index (χ0v) is 11.0. The number of rotatable bonds is 1. The summed E-state index contributed by atoms with van der Waals surface area (Å²) < 4.78 is 27.7. The first-order valence-electron chi connectivity index (χ1n) is 5.19. The second-order valence-electron chi connectivity index (χ2n) is 3.83. The second-order valence-corrected chi connectivity index (χ2v) is 4.68. The van der Waals surface area contributed by atoms with Crippen molar-refractivity contribution in [3.63, 3.8) is 0 Å². The molecule has 0 saturated carbocycles. The minimum Gasteiger partial charge on any atom is -0.398 e. The molecular formula is C12H11BrF2N2. The highest BCUT2D eigenvalue weighted by Crippen LogP contribution is 2.33. The number of nitrogen functional groups attached to an aromatic ring is 1. The zero-order chi connectivity index (χ0) is 12.7. The van der Waals surface area contributed by atoms with Crippen molar-refractivity contribution in [1.29, 1.82) is 0 Å². The number of benzene rings is 1. The molecule has 0 saturated heterocycles. The Kier molecular flexibility index (Phi) is 3.03. The maximum absolute atomic E-state index is 13.9. The van der Waals surface area contributed by atoms with Crippen LogP contribution in [-0.4, -0.2) is 4.98 Å². The molecule has 1 aromatic heterocycles. The van der Waals surface area contributed by atoms with E-state index < -0.39 is 11.6 Å². The molecule has 1 heterocycles. The van der Waals surface area contributed by atoms with Crippen LogP contribution in [0.15, 0.2) is 10.5 Å². The predicted octanol–water partition coefficient (Wildman–Crippen LogP) is 3.73. The quantitative estimate of drug-likeness (QED) is 0.815. The zero-order valence-electron chi connectivity index (χ0n) is 9.44. The number of fused-ring (bicyclic) bond motifs is 1. The maximum atomic E-state index is 13.9. The van der Waals surface area contributed by atoms with Crippen molar-refractivity contribution in [3.8, 4) is 0 Å². The third-order valence-corrected chi connectivity index (χ3v) is 3.41. The summed E-state index contributed by atoms with van der Waals surface area (Å²) in [6.07, 6.45) is 0.628. The summed E-state index contributed by atoms with van der Waals surface area (Å²) in [6, 6.07) is 1.07. The van der Waals surface area contributed by atoms with Gasteiger partial charge in [-0.3, -0.25) is 0 Å². The van der Waals surface area contributed by atoms with Crippen molar-refractivity contribution in [1.82, 2.24) is 4.98 Å². The smallest absolute Gasteiger partial charge is 0.150 e. The highest BCUT2D eigenvalue weighted by Gasteiger charge is 2.17. The van der Waals surface area contributed by atoms with Gasteiger partial charge in [0.25, 0.3) is 0 Å². The lowest BCUT2D eigenvalue weighted by Gasteiger charge is -2.12. The van der Waals surface area contributed by atoms with E-state index in [1.54, 1.807) is 6.92 Å². The van der Waals surface area contributed by atoms with Crippen molar-refractivity contribution in [2.75, 3.05) is 5.73 Å². The molecule has 5 heteroatoms. The van der Waals surface area contributed by atoms with Gasteiger partial charge >= 0.3 is 0 Å². The third-order valence-electron chi connectivity index (χ3n) is 2.83. The first kappa shape index (κ1) is 12.2. The van der Waals surface area contributed by atoms with E-state index in [1.165, 1.54) is 0 Å². The molecule has 17 heavy (non-hydrogen) atoms. The SMILES string of the molecule is CCc1nc2c(F)cc(Br)c(F)c2c(N)c1C. The molecule has 2 N–H and O–H groups in total. The van der Waals surface area contributed by atoms with Crippen LogP contribution in [0.3, 0.4) is 0 Å². The minimum absolute atomic E-state index is 0.00866. The average molecular weight is 301 g/mol. The lowest BCUT2D eigenvalue weighted by atomic mass is 10.1. The fourth-order valence-electron chi connectivity index (χ4n) is 1.85. The van der Waals surface area contributed by atoms with Crippen molar-refractivity contribution in [3.05, 3.63) is 33.4 Å². The van der Waals surface area contributed by atoms with Crippen LogP contribution in [0.25, 0.3) is 10.9 Å². The number of pyridine rings is 1.